The third-order valence-electron chi connectivity index (χ3n) is 5.01. The number of hydrogen-bond acceptors (Lipinski definition) is 3. The Labute approximate surface area is 149 Å². The van der Waals surface area contributed by atoms with E-state index in [9.17, 15) is 23.1 Å². The second-order valence-corrected chi connectivity index (χ2v) is 12.2. The van der Waals surface area contributed by atoms with Gasteiger partial charge in [0, 0.05) is 13.1 Å². The van der Waals surface area contributed by atoms with Crippen LogP contribution in [0.4, 0.5) is 13.2 Å². The lowest BCUT2D eigenvalue weighted by Crippen LogP contribution is -2.39. The van der Waals surface area contributed by atoms with Gasteiger partial charge in [-0.05, 0) is 49.1 Å². The molecule has 2 N–H and O–H groups in total. The van der Waals surface area contributed by atoms with E-state index < -0.39 is 20.1 Å². The quantitative estimate of drug-likeness (QED) is 0.632. The van der Waals surface area contributed by atoms with Gasteiger partial charge in [0.15, 0.2) is 8.32 Å². The van der Waals surface area contributed by atoms with Crippen LogP contribution in [0.15, 0.2) is 24.3 Å². The van der Waals surface area contributed by atoms with Gasteiger partial charge in [-0.2, -0.15) is 13.2 Å². The molecule has 0 saturated carbocycles. The maximum absolute atomic E-state index is 12.8. The average Bonchev–Trinajstić information content (AvgIpc) is 2.45. The van der Waals surface area contributed by atoms with Gasteiger partial charge in [0.05, 0.1) is 12.2 Å². The highest BCUT2D eigenvalue weighted by atomic mass is 28.4. The van der Waals surface area contributed by atoms with Crippen LogP contribution in [-0.4, -0.2) is 42.8 Å². The van der Waals surface area contributed by atoms with E-state index in [0.29, 0.717) is 25.2 Å². The molecule has 7 heteroatoms. The van der Waals surface area contributed by atoms with Gasteiger partial charge < -0.3 is 9.90 Å². The molecule has 0 unspecified atom stereocenters. The molecule has 0 aliphatic rings. The van der Waals surface area contributed by atoms with Crippen molar-refractivity contribution in [3.8, 4) is 0 Å². The summed E-state index contributed by atoms with van der Waals surface area (Å²) in [4.78, 5) is 12.3. The van der Waals surface area contributed by atoms with Crippen molar-refractivity contribution in [1.29, 1.82) is 0 Å². The van der Waals surface area contributed by atoms with E-state index in [1.807, 2.05) is 18.0 Å². The molecule has 3 nitrogen and oxygen atoms in total. The van der Waals surface area contributed by atoms with Crippen molar-refractivity contribution in [2.45, 2.75) is 57.5 Å². The summed E-state index contributed by atoms with van der Waals surface area (Å²) in [6.45, 7) is 9.36. The molecular weight excluding hydrogens is 347 g/mol. The van der Waals surface area contributed by atoms with Crippen molar-refractivity contribution in [1.82, 2.24) is 4.90 Å². The fourth-order valence-electron chi connectivity index (χ4n) is 2.57. The van der Waals surface area contributed by atoms with Crippen molar-refractivity contribution < 1.29 is 23.1 Å². The van der Waals surface area contributed by atoms with E-state index in [1.54, 1.807) is 6.07 Å². The third kappa shape index (κ3) is 7.09. The lowest BCUT2D eigenvalue weighted by atomic mass is 10.1. The highest BCUT2D eigenvalue weighted by molar-refractivity contribution is 6.72. The number of hydrogen-bond donors (Lipinski definition) is 2. The van der Waals surface area contributed by atoms with Crippen LogP contribution in [0.25, 0.3) is 0 Å². The molecule has 0 aliphatic heterocycles. The van der Waals surface area contributed by atoms with Crippen molar-refractivity contribution in [2.75, 3.05) is 19.7 Å². The van der Waals surface area contributed by atoms with Crippen molar-refractivity contribution in [3.05, 3.63) is 35.4 Å². The highest BCUT2D eigenvalue weighted by Crippen LogP contribution is 2.39. The number of benzene rings is 1. The third-order valence-corrected chi connectivity index (χ3v) is 8.57. The normalized spacial score (nSPS) is 13.5. The first-order valence-corrected chi connectivity index (χ1v) is 11.5. The van der Waals surface area contributed by atoms with Crippen LogP contribution < -0.4 is 0 Å². The Kier molecular flexibility index (Phi) is 7.67. The number of alkyl halides is 3. The molecule has 0 radical (unpaired) electrons. The number of halogens is 3. The van der Waals surface area contributed by atoms with Gasteiger partial charge >= 0.3 is 6.18 Å². The molecule has 0 atom stereocenters. The summed E-state index contributed by atoms with van der Waals surface area (Å²) in [7, 11) is -2.27. The Morgan fingerprint density at radius 3 is 2.28 bits per heavy atom. The van der Waals surface area contributed by atoms with Gasteiger partial charge in [-0.25, -0.2) is 0 Å². The van der Waals surface area contributed by atoms with Gasteiger partial charge in [-0.3, -0.25) is 4.90 Å². The first-order chi connectivity index (χ1) is 11.4. The standard InChI is InChI=1S/C18H30F3NO2Si/c1-17(2,25(3,4)24)9-6-10-22(11-12-23)14-15-7-5-8-16(13-15)18(19,20)21/h5,7-8,13,23-24H,6,9-12,14H2,1-4H3. The second-order valence-electron chi connectivity index (χ2n) is 7.74. The lowest BCUT2D eigenvalue weighted by Gasteiger charge is -2.35. The molecule has 0 heterocycles. The van der Waals surface area contributed by atoms with Crippen molar-refractivity contribution >= 4 is 8.32 Å². The highest BCUT2D eigenvalue weighted by Gasteiger charge is 2.37. The van der Waals surface area contributed by atoms with Gasteiger partial charge in [0.1, 0.15) is 0 Å². The Bertz CT molecular complexity index is 542. The van der Waals surface area contributed by atoms with Crippen LogP contribution in [0.3, 0.4) is 0 Å². The Balaban J connectivity index is 2.69. The fraction of sp³-hybridized carbons (Fsp3) is 0.667. The molecule has 1 rings (SSSR count). The zero-order valence-electron chi connectivity index (χ0n) is 15.5. The largest absolute Gasteiger partial charge is 0.432 e. The number of aliphatic hydroxyl groups is 1. The summed E-state index contributed by atoms with van der Waals surface area (Å²) in [5, 5.41) is 9.10. The summed E-state index contributed by atoms with van der Waals surface area (Å²) in [5.41, 5.74) is -0.0671. The molecule has 0 aromatic heterocycles. The minimum Gasteiger partial charge on any atom is -0.432 e. The average molecular weight is 378 g/mol. The minimum absolute atomic E-state index is 0.0391. The predicted molar refractivity (Wildman–Crippen MR) is 96.8 cm³/mol. The van der Waals surface area contributed by atoms with Gasteiger partial charge in [0.25, 0.3) is 0 Å². The molecule has 0 aliphatic carbocycles. The zero-order valence-corrected chi connectivity index (χ0v) is 16.5. The zero-order chi connectivity index (χ0) is 19.3. The Morgan fingerprint density at radius 1 is 1.12 bits per heavy atom. The fourth-order valence-corrected chi connectivity index (χ4v) is 3.35. The molecular formula is C18H30F3NO2Si. The summed E-state index contributed by atoms with van der Waals surface area (Å²) >= 11 is 0. The molecule has 1 aromatic carbocycles. The monoisotopic (exact) mass is 377 g/mol. The van der Waals surface area contributed by atoms with Crippen LogP contribution in [0.1, 0.15) is 37.8 Å². The maximum Gasteiger partial charge on any atom is 0.416 e. The van der Waals surface area contributed by atoms with Gasteiger partial charge in [-0.1, -0.05) is 32.0 Å². The van der Waals surface area contributed by atoms with E-state index in [0.717, 1.165) is 25.0 Å². The molecule has 25 heavy (non-hydrogen) atoms. The number of nitrogens with zero attached hydrogens (tertiary/aromatic N) is 1. The number of rotatable bonds is 9. The SMILES string of the molecule is CC(C)(CCCN(CCO)Cc1cccc(C(F)(F)F)c1)[Si](C)(C)O. The minimum atomic E-state index is -4.35. The summed E-state index contributed by atoms with van der Waals surface area (Å²) in [5.74, 6) is 0. The second kappa shape index (κ2) is 8.66. The van der Waals surface area contributed by atoms with E-state index in [-0.39, 0.29) is 11.6 Å². The molecule has 144 valence electrons. The maximum atomic E-state index is 12.8. The summed E-state index contributed by atoms with van der Waals surface area (Å²) in [6.07, 6.45) is -2.69. The molecule has 0 amide bonds. The van der Waals surface area contributed by atoms with E-state index in [2.05, 4.69) is 13.8 Å². The predicted octanol–water partition coefficient (Wildman–Crippen LogP) is 4.26. The van der Waals surface area contributed by atoms with Crippen LogP contribution in [0, 0.1) is 0 Å². The molecule has 0 fully saturated rings. The van der Waals surface area contributed by atoms with Gasteiger partial charge in [-0.15, -0.1) is 0 Å². The Morgan fingerprint density at radius 2 is 1.76 bits per heavy atom. The van der Waals surface area contributed by atoms with E-state index in [4.69, 9.17) is 0 Å². The summed E-state index contributed by atoms with van der Waals surface area (Å²) < 4.78 is 38.5. The van der Waals surface area contributed by atoms with E-state index in [1.165, 1.54) is 6.07 Å². The van der Waals surface area contributed by atoms with Crippen LogP contribution >= 0.6 is 0 Å². The Hall–Kier alpha value is -0.893. The number of aliphatic hydroxyl groups excluding tert-OH is 1. The summed E-state index contributed by atoms with van der Waals surface area (Å²) in [6, 6.07) is 5.32. The first-order valence-electron chi connectivity index (χ1n) is 8.58. The molecule has 1 aromatic rings. The molecule has 0 saturated heterocycles. The topological polar surface area (TPSA) is 43.7 Å². The smallest absolute Gasteiger partial charge is 0.416 e. The van der Waals surface area contributed by atoms with E-state index >= 15 is 0 Å². The van der Waals surface area contributed by atoms with Crippen LogP contribution in [-0.2, 0) is 12.7 Å². The van der Waals surface area contributed by atoms with Crippen LogP contribution in [0.5, 0.6) is 0 Å². The van der Waals surface area contributed by atoms with Crippen molar-refractivity contribution in [2.24, 2.45) is 0 Å². The van der Waals surface area contributed by atoms with Gasteiger partial charge in [0.2, 0.25) is 0 Å². The van der Waals surface area contributed by atoms with Crippen LogP contribution in [0.2, 0.25) is 18.1 Å². The molecule has 0 spiro atoms. The van der Waals surface area contributed by atoms with Crippen molar-refractivity contribution in [3.63, 3.8) is 0 Å². The molecule has 0 bridgehead atoms. The first kappa shape index (κ1) is 22.1. The lowest BCUT2D eigenvalue weighted by molar-refractivity contribution is -0.137.